The van der Waals surface area contributed by atoms with E-state index in [1.807, 2.05) is 36.4 Å². The van der Waals surface area contributed by atoms with Crippen molar-refractivity contribution in [2.75, 3.05) is 24.8 Å². The molecule has 1 amide bonds. The number of amides is 1. The van der Waals surface area contributed by atoms with Gasteiger partial charge in [-0.15, -0.1) is 11.3 Å². The fraction of sp³-hybridized carbons (Fsp3) is 0.333. The minimum absolute atomic E-state index is 0.164. The van der Waals surface area contributed by atoms with Crippen LogP contribution in [0.25, 0.3) is 0 Å². The average Bonchev–Trinajstić information content (AvgIpc) is 3.53. The maximum Gasteiger partial charge on any atom is 0.341 e. The van der Waals surface area contributed by atoms with Crippen LogP contribution in [0.1, 0.15) is 39.9 Å². The van der Waals surface area contributed by atoms with Gasteiger partial charge in [-0.3, -0.25) is 4.79 Å². The molecule has 1 aliphatic rings. The van der Waals surface area contributed by atoms with Gasteiger partial charge in [0.1, 0.15) is 28.9 Å². The number of carbonyl (C=O) groups excluding carboxylic acids is 2. The zero-order valence-electron chi connectivity index (χ0n) is 18.5. The lowest BCUT2D eigenvalue weighted by Gasteiger charge is -2.07. The third kappa shape index (κ3) is 5.72. The maximum atomic E-state index is 12.6. The molecule has 174 valence electrons. The summed E-state index contributed by atoms with van der Waals surface area (Å²) in [7, 11) is 1.62. The third-order valence-corrected chi connectivity index (χ3v) is 7.19. The number of nitrogens with one attached hydrogen (secondary N) is 1. The number of ether oxygens (including phenoxy) is 3. The summed E-state index contributed by atoms with van der Waals surface area (Å²) in [5, 5.41) is 4.10. The monoisotopic (exact) mass is 487 g/mol. The molecule has 0 fully saturated rings. The van der Waals surface area contributed by atoms with E-state index in [1.54, 1.807) is 14.0 Å². The van der Waals surface area contributed by atoms with Crippen LogP contribution >= 0.6 is 23.1 Å². The highest BCUT2D eigenvalue weighted by Gasteiger charge is 2.28. The SMILES string of the molecule is CCOC(=O)c1c(NC(=O)CSc2ccc(COc3ccc(OC)cc3)o2)sc2c1CCC2. The Morgan fingerprint density at radius 3 is 2.67 bits per heavy atom. The minimum Gasteiger partial charge on any atom is -0.497 e. The quantitative estimate of drug-likeness (QED) is 0.306. The molecular weight excluding hydrogens is 462 g/mol. The first kappa shape index (κ1) is 23.3. The number of esters is 1. The Balaban J connectivity index is 1.30. The Morgan fingerprint density at radius 2 is 1.91 bits per heavy atom. The van der Waals surface area contributed by atoms with Crippen LogP contribution in [0.4, 0.5) is 5.00 Å². The Bertz CT molecular complexity index is 1120. The first-order valence-electron chi connectivity index (χ1n) is 10.7. The van der Waals surface area contributed by atoms with Crippen molar-refractivity contribution < 1.29 is 28.2 Å². The summed E-state index contributed by atoms with van der Waals surface area (Å²) >= 11 is 2.76. The number of aryl methyl sites for hydroxylation is 1. The molecule has 1 aliphatic carbocycles. The number of anilines is 1. The molecule has 1 aromatic carbocycles. The summed E-state index contributed by atoms with van der Waals surface area (Å²) in [6, 6.07) is 10.9. The predicted molar refractivity (Wildman–Crippen MR) is 128 cm³/mol. The molecule has 0 aliphatic heterocycles. The fourth-order valence-corrected chi connectivity index (χ4v) is 5.52. The van der Waals surface area contributed by atoms with Crippen LogP contribution in [0.5, 0.6) is 11.5 Å². The van der Waals surface area contributed by atoms with E-state index in [0.717, 1.165) is 35.5 Å². The van der Waals surface area contributed by atoms with Gasteiger partial charge in [0.25, 0.3) is 0 Å². The summed E-state index contributed by atoms with van der Waals surface area (Å²) < 4.78 is 21.8. The number of rotatable bonds is 10. The zero-order valence-corrected chi connectivity index (χ0v) is 20.1. The third-order valence-electron chi connectivity index (χ3n) is 5.08. The molecule has 3 aromatic rings. The molecule has 0 radical (unpaired) electrons. The van der Waals surface area contributed by atoms with E-state index < -0.39 is 0 Å². The lowest BCUT2D eigenvalue weighted by molar-refractivity contribution is -0.113. The standard InChI is InChI=1S/C24H25NO6S2/c1-3-29-24(27)22-18-5-4-6-19(18)33-23(22)25-20(26)14-32-21-12-11-17(31-21)13-30-16-9-7-15(28-2)8-10-16/h7-12H,3-6,13-14H2,1-2H3,(H,25,26). The largest absolute Gasteiger partial charge is 0.497 e. The normalized spacial score (nSPS) is 12.3. The van der Waals surface area contributed by atoms with Gasteiger partial charge in [0, 0.05) is 4.88 Å². The van der Waals surface area contributed by atoms with E-state index in [2.05, 4.69) is 5.32 Å². The van der Waals surface area contributed by atoms with Crippen LogP contribution in [0.3, 0.4) is 0 Å². The summed E-state index contributed by atoms with van der Waals surface area (Å²) in [6.45, 7) is 2.36. The first-order valence-corrected chi connectivity index (χ1v) is 12.5. The van der Waals surface area contributed by atoms with Gasteiger partial charge in [-0.05, 0) is 68.1 Å². The van der Waals surface area contributed by atoms with Crippen molar-refractivity contribution in [3.63, 3.8) is 0 Å². The molecule has 0 bridgehead atoms. The average molecular weight is 488 g/mol. The lowest BCUT2D eigenvalue weighted by Crippen LogP contribution is -2.16. The van der Waals surface area contributed by atoms with E-state index >= 15 is 0 Å². The summed E-state index contributed by atoms with van der Waals surface area (Å²) in [6.07, 6.45) is 2.81. The number of benzene rings is 1. The van der Waals surface area contributed by atoms with Gasteiger partial charge in [0.2, 0.25) is 5.91 Å². The molecule has 2 heterocycles. The van der Waals surface area contributed by atoms with Gasteiger partial charge >= 0.3 is 5.97 Å². The number of fused-ring (bicyclic) bond motifs is 1. The van der Waals surface area contributed by atoms with Gasteiger partial charge in [0.15, 0.2) is 5.09 Å². The molecule has 0 saturated heterocycles. The van der Waals surface area contributed by atoms with Gasteiger partial charge < -0.3 is 23.9 Å². The Hall–Kier alpha value is -2.91. The van der Waals surface area contributed by atoms with Crippen LogP contribution in [0.2, 0.25) is 0 Å². The van der Waals surface area contributed by atoms with Crippen molar-refractivity contribution in [1.29, 1.82) is 0 Å². The molecule has 0 atom stereocenters. The number of carbonyl (C=O) groups is 2. The van der Waals surface area contributed by atoms with Gasteiger partial charge in [-0.1, -0.05) is 11.8 Å². The highest BCUT2D eigenvalue weighted by atomic mass is 32.2. The van der Waals surface area contributed by atoms with Crippen molar-refractivity contribution in [2.45, 2.75) is 37.9 Å². The zero-order chi connectivity index (χ0) is 23.2. The van der Waals surface area contributed by atoms with Crippen molar-refractivity contribution >= 4 is 40.0 Å². The van der Waals surface area contributed by atoms with Gasteiger partial charge in [-0.2, -0.15) is 0 Å². The van der Waals surface area contributed by atoms with E-state index in [1.165, 1.54) is 23.1 Å². The van der Waals surface area contributed by atoms with Crippen molar-refractivity contribution in [2.24, 2.45) is 0 Å². The van der Waals surface area contributed by atoms with Crippen LogP contribution in [0.15, 0.2) is 45.9 Å². The number of hydrogen-bond donors (Lipinski definition) is 1. The molecular formula is C24H25NO6S2. The second kappa shape index (κ2) is 10.8. The lowest BCUT2D eigenvalue weighted by atomic mass is 10.1. The smallest absolute Gasteiger partial charge is 0.341 e. The molecule has 1 N–H and O–H groups in total. The molecule has 0 saturated carbocycles. The van der Waals surface area contributed by atoms with Crippen LogP contribution < -0.4 is 14.8 Å². The van der Waals surface area contributed by atoms with E-state index in [0.29, 0.717) is 33.8 Å². The second-order valence-corrected chi connectivity index (χ2v) is 9.39. The Labute approximate surface area is 200 Å². The van der Waals surface area contributed by atoms with Crippen molar-refractivity contribution in [3.8, 4) is 11.5 Å². The highest BCUT2D eigenvalue weighted by Crippen LogP contribution is 2.39. The molecule has 7 nitrogen and oxygen atoms in total. The number of hydrogen-bond acceptors (Lipinski definition) is 8. The molecule has 9 heteroatoms. The fourth-order valence-electron chi connectivity index (χ4n) is 3.55. The summed E-state index contributed by atoms with van der Waals surface area (Å²) in [5.41, 5.74) is 1.54. The van der Waals surface area contributed by atoms with Crippen LogP contribution in [-0.2, 0) is 29.0 Å². The summed E-state index contributed by atoms with van der Waals surface area (Å²) in [4.78, 5) is 26.2. The highest BCUT2D eigenvalue weighted by molar-refractivity contribution is 7.99. The number of thioether (sulfide) groups is 1. The van der Waals surface area contributed by atoms with Crippen LogP contribution in [0, 0.1) is 0 Å². The topological polar surface area (TPSA) is 87.0 Å². The van der Waals surface area contributed by atoms with Crippen molar-refractivity contribution in [1.82, 2.24) is 0 Å². The van der Waals surface area contributed by atoms with Crippen molar-refractivity contribution in [3.05, 3.63) is 58.2 Å². The molecule has 4 rings (SSSR count). The van der Waals surface area contributed by atoms with Crippen LogP contribution in [-0.4, -0.2) is 31.3 Å². The molecule has 33 heavy (non-hydrogen) atoms. The van der Waals surface area contributed by atoms with E-state index in [9.17, 15) is 9.59 Å². The maximum absolute atomic E-state index is 12.6. The molecule has 0 spiro atoms. The number of thiophene rings is 1. The number of methoxy groups -OCH3 is 1. The molecule has 0 unspecified atom stereocenters. The number of furan rings is 1. The van der Waals surface area contributed by atoms with Gasteiger partial charge in [0.05, 0.1) is 25.0 Å². The first-order chi connectivity index (χ1) is 16.1. The second-order valence-electron chi connectivity index (χ2n) is 7.30. The Morgan fingerprint density at radius 1 is 1.12 bits per heavy atom. The van der Waals surface area contributed by atoms with Gasteiger partial charge in [-0.25, -0.2) is 4.79 Å². The Kier molecular flexibility index (Phi) is 7.61. The summed E-state index contributed by atoms with van der Waals surface area (Å²) in [5.74, 6) is 1.73. The van der Waals surface area contributed by atoms with E-state index in [-0.39, 0.29) is 24.2 Å². The van der Waals surface area contributed by atoms with E-state index in [4.69, 9.17) is 18.6 Å². The molecule has 2 aromatic heterocycles. The minimum atomic E-state index is -0.368. The predicted octanol–water partition coefficient (Wildman–Crippen LogP) is 5.32.